The maximum absolute atomic E-state index is 3.51. The molecule has 1 atom stereocenters. The van der Waals surface area contributed by atoms with Crippen LogP contribution in [0.15, 0.2) is 18.2 Å². The molecule has 0 radical (unpaired) electrons. The second-order valence-corrected chi connectivity index (χ2v) is 7.11. The summed E-state index contributed by atoms with van der Waals surface area (Å²) >= 11 is 0. The molecular formula is C18H27N. The first-order valence-corrected chi connectivity index (χ1v) is 7.93. The van der Waals surface area contributed by atoms with E-state index in [1.807, 2.05) is 0 Å². The minimum Gasteiger partial charge on any atom is -0.313 e. The maximum Gasteiger partial charge on any atom is 0.0328 e. The van der Waals surface area contributed by atoms with E-state index >= 15 is 0 Å². The van der Waals surface area contributed by atoms with Gasteiger partial charge < -0.3 is 5.32 Å². The van der Waals surface area contributed by atoms with Crippen molar-refractivity contribution in [3.05, 3.63) is 34.9 Å². The Labute approximate surface area is 117 Å². The number of benzene rings is 1. The fraction of sp³-hybridized carbons (Fsp3) is 0.667. The van der Waals surface area contributed by atoms with Gasteiger partial charge in [-0.25, -0.2) is 0 Å². The molecule has 1 aromatic carbocycles. The van der Waals surface area contributed by atoms with Gasteiger partial charge >= 0.3 is 0 Å². The lowest BCUT2D eigenvalue weighted by Crippen LogP contribution is -2.17. The summed E-state index contributed by atoms with van der Waals surface area (Å²) in [6, 6.07) is 7.89. The lowest BCUT2D eigenvalue weighted by Gasteiger charge is -2.24. The molecule has 2 aliphatic carbocycles. The van der Waals surface area contributed by atoms with E-state index in [0.717, 1.165) is 5.92 Å². The summed E-state index contributed by atoms with van der Waals surface area (Å²) in [5, 5.41) is 3.51. The standard InChI is InChI=1S/C18H27N/c1-18(2)12-17(19-3)15-11-14(9-10-16(15)18)13-7-5-4-6-8-13/h9-11,13,17,19H,4-8,12H2,1-3H3. The van der Waals surface area contributed by atoms with Crippen molar-refractivity contribution in [2.45, 2.75) is 69.7 Å². The van der Waals surface area contributed by atoms with Crippen molar-refractivity contribution < 1.29 is 0 Å². The summed E-state index contributed by atoms with van der Waals surface area (Å²) in [7, 11) is 2.10. The van der Waals surface area contributed by atoms with E-state index in [2.05, 4.69) is 44.4 Å². The van der Waals surface area contributed by atoms with Crippen LogP contribution in [-0.2, 0) is 5.41 Å². The van der Waals surface area contributed by atoms with Gasteiger partial charge in [-0.3, -0.25) is 0 Å². The molecule has 0 bridgehead atoms. The third kappa shape index (κ3) is 2.33. The number of nitrogens with one attached hydrogen (secondary N) is 1. The second-order valence-electron chi connectivity index (χ2n) is 7.11. The van der Waals surface area contributed by atoms with Crippen LogP contribution in [-0.4, -0.2) is 7.05 Å². The van der Waals surface area contributed by atoms with Crippen molar-refractivity contribution in [1.29, 1.82) is 0 Å². The van der Waals surface area contributed by atoms with Crippen LogP contribution < -0.4 is 5.32 Å². The summed E-state index contributed by atoms with van der Waals surface area (Å²) < 4.78 is 0. The minimum absolute atomic E-state index is 0.327. The Kier molecular flexibility index (Phi) is 3.42. The molecule has 1 N–H and O–H groups in total. The average Bonchev–Trinajstić information content (AvgIpc) is 2.71. The number of fused-ring (bicyclic) bond motifs is 1. The van der Waals surface area contributed by atoms with E-state index in [4.69, 9.17) is 0 Å². The highest BCUT2D eigenvalue weighted by Crippen LogP contribution is 2.46. The predicted octanol–water partition coefficient (Wildman–Crippen LogP) is 4.68. The Hall–Kier alpha value is -0.820. The van der Waals surface area contributed by atoms with Crippen molar-refractivity contribution in [1.82, 2.24) is 5.32 Å². The van der Waals surface area contributed by atoms with Gasteiger partial charge in [0.15, 0.2) is 0 Å². The summed E-state index contributed by atoms with van der Waals surface area (Å²) in [6.45, 7) is 4.76. The lowest BCUT2D eigenvalue weighted by molar-refractivity contribution is 0.442. The summed E-state index contributed by atoms with van der Waals surface area (Å²) in [6.07, 6.45) is 8.30. The van der Waals surface area contributed by atoms with E-state index in [1.54, 1.807) is 16.7 Å². The summed E-state index contributed by atoms with van der Waals surface area (Å²) in [5.41, 5.74) is 5.05. The van der Waals surface area contributed by atoms with Gasteiger partial charge in [0, 0.05) is 6.04 Å². The van der Waals surface area contributed by atoms with Gasteiger partial charge in [0.2, 0.25) is 0 Å². The van der Waals surface area contributed by atoms with Crippen LogP contribution in [0.4, 0.5) is 0 Å². The largest absolute Gasteiger partial charge is 0.313 e. The summed E-state index contributed by atoms with van der Waals surface area (Å²) in [4.78, 5) is 0. The van der Waals surface area contributed by atoms with Gasteiger partial charge in [-0.1, -0.05) is 51.3 Å². The van der Waals surface area contributed by atoms with Crippen LogP contribution in [0.3, 0.4) is 0 Å². The van der Waals surface area contributed by atoms with E-state index in [-0.39, 0.29) is 0 Å². The first kappa shape index (κ1) is 13.2. The molecule has 0 aromatic heterocycles. The Morgan fingerprint density at radius 3 is 2.53 bits per heavy atom. The zero-order valence-corrected chi connectivity index (χ0v) is 12.6. The normalized spacial score (nSPS) is 26.4. The van der Waals surface area contributed by atoms with Crippen LogP contribution in [0, 0.1) is 0 Å². The highest BCUT2D eigenvalue weighted by molar-refractivity contribution is 5.44. The highest BCUT2D eigenvalue weighted by Gasteiger charge is 2.36. The molecule has 1 heteroatoms. The maximum atomic E-state index is 3.51. The van der Waals surface area contributed by atoms with E-state index in [0.29, 0.717) is 11.5 Å². The number of rotatable bonds is 2. The molecule has 0 spiro atoms. The first-order chi connectivity index (χ1) is 9.12. The third-order valence-corrected chi connectivity index (χ3v) is 5.32. The summed E-state index contributed by atoms with van der Waals surface area (Å²) in [5.74, 6) is 0.820. The molecule has 1 unspecified atom stereocenters. The molecule has 1 fully saturated rings. The molecule has 0 amide bonds. The fourth-order valence-corrected chi connectivity index (χ4v) is 4.16. The van der Waals surface area contributed by atoms with Crippen LogP contribution in [0.1, 0.15) is 81.0 Å². The van der Waals surface area contributed by atoms with Gasteiger partial charge in [0.25, 0.3) is 0 Å². The van der Waals surface area contributed by atoms with Crippen molar-refractivity contribution in [3.63, 3.8) is 0 Å². The SMILES string of the molecule is CNC1CC(C)(C)c2ccc(C3CCCCC3)cc21. The van der Waals surface area contributed by atoms with Crippen LogP contribution in [0.25, 0.3) is 0 Å². The molecule has 2 aliphatic rings. The van der Waals surface area contributed by atoms with Gasteiger partial charge in [0.1, 0.15) is 0 Å². The van der Waals surface area contributed by atoms with E-state index in [1.165, 1.54) is 38.5 Å². The van der Waals surface area contributed by atoms with Gasteiger partial charge in [-0.2, -0.15) is 0 Å². The smallest absolute Gasteiger partial charge is 0.0328 e. The molecular weight excluding hydrogens is 230 g/mol. The van der Waals surface area contributed by atoms with E-state index in [9.17, 15) is 0 Å². The quantitative estimate of drug-likeness (QED) is 0.811. The van der Waals surface area contributed by atoms with Gasteiger partial charge in [0.05, 0.1) is 0 Å². The molecule has 0 heterocycles. The van der Waals surface area contributed by atoms with Crippen LogP contribution >= 0.6 is 0 Å². The minimum atomic E-state index is 0.327. The Balaban J connectivity index is 1.94. The van der Waals surface area contributed by atoms with Crippen molar-refractivity contribution in [2.75, 3.05) is 7.05 Å². The predicted molar refractivity (Wildman–Crippen MR) is 81.7 cm³/mol. The average molecular weight is 257 g/mol. The van der Waals surface area contributed by atoms with Crippen molar-refractivity contribution >= 4 is 0 Å². The fourth-order valence-electron chi connectivity index (χ4n) is 4.16. The molecule has 1 aromatic rings. The monoisotopic (exact) mass is 257 g/mol. The second kappa shape index (κ2) is 4.94. The van der Waals surface area contributed by atoms with E-state index < -0.39 is 0 Å². The molecule has 3 rings (SSSR count). The zero-order chi connectivity index (χ0) is 13.5. The van der Waals surface area contributed by atoms with Gasteiger partial charge in [-0.05, 0) is 54.3 Å². The number of hydrogen-bond donors (Lipinski definition) is 1. The van der Waals surface area contributed by atoms with Crippen molar-refractivity contribution in [2.24, 2.45) is 0 Å². The Bertz CT molecular complexity index is 455. The zero-order valence-electron chi connectivity index (χ0n) is 12.6. The van der Waals surface area contributed by atoms with Crippen LogP contribution in [0.5, 0.6) is 0 Å². The first-order valence-electron chi connectivity index (χ1n) is 7.93. The highest BCUT2D eigenvalue weighted by atomic mass is 14.9. The lowest BCUT2D eigenvalue weighted by atomic mass is 9.81. The van der Waals surface area contributed by atoms with Crippen LogP contribution in [0.2, 0.25) is 0 Å². The molecule has 0 aliphatic heterocycles. The Morgan fingerprint density at radius 1 is 1.11 bits per heavy atom. The van der Waals surface area contributed by atoms with Gasteiger partial charge in [-0.15, -0.1) is 0 Å². The molecule has 104 valence electrons. The molecule has 1 nitrogen and oxygen atoms in total. The Morgan fingerprint density at radius 2 is 1.84 bits per heavy atom. The molecule has 1 saturated carbocycles. The molecule has 19 heavy (non-hydrogen) atoms. The molecule has 0 saturated heterocycles. The third-order valence-electron chi connectivity index (χ3n) is 5.32. The topological polar surface area (TPSA) is 12.0 Å². The number of hydrogen-bond acceptors (Lipinski definition) is 1. The van der Waals surface area contributed by atoms with Crippen molar-refractivity contribution in [3.8, 4) is 0 Å².